The van der Waals surface area contributed by atoms with E-state index >= 15 is 0 Å². The van der Waals surface area contributed by atoms with E-state index in [1.807, 2.05) is 67.6 Å². The third-order valence-electron chi connectivity index (χ3n) is 6.19. The second-order valence-electron chi connectivity index (χ2n) is 9.34. The summed E-state index contributed by atoms with van der Waals surface area (Å²) >= 11 is 0. The summed E-state index contributed by atoms with van der Waals surface area (Å²) in [6.07, 6.45) is 0. The molecule has 0 amide bonds. The van der Waals surface area contributed by atoms with E-state index in [0.717, 1.165) is 16.9 Å². The van der Waals surface area contributed by atoms with E-state index in [1.54, 1.807) is 37.3 Å². The first-order chi connectivity index (χ1) is 20.9. The van der Waals surface area contributed by atoms with Crippen LogP contribution in [-0.2, 0) is 20.7 Å². The predicted octanol–water partition coefficient (Wildman–Crippen LogP) is 7.98. The van der Waals surface area contributed by atoms with Crippen molar-refractivity contribution in [2.24, 2.45) is 20.5 Å². The quantitative estimate of drug-likeness (QED) is 0.119. The van der Waals surface area contributed by atoms with Crippen molar-refractivity contribution in [1.29, 1.82) is 0 Å². The fourth-order valence-electron chi connectivity index (χ4n) is 4.12. The molecule has 0 unspecified atom stereocenters. The minimum Gasteiger partial charge on any atom is -0.505 e. The summed E-state index contributed by atoms with van der Waals surface area (Å²) in [6, 6.07) is 28.6. The first kappa shape index (κ1) is 31.6. The summed E-state index contributed by atoms with van der Waals surface area (Å²) in [5, 5.41) is 31.8. The Morgan fingerprint density at radius 1 is 0.682 bits per heavy atom. The predicted molar refractivity (Wildman–Crippen MR) is 166 cm³/mol. The number of aromatic hydroxyl groups is 1. The first-order valence-electron chi connectivity index (χ1n) is 12.8. The highest BCUT2D eigenvalue weighted by Gasteiger charge is 2.22. The average Bonchev–Trinajstić information content (AvgIpc) is 2.97. The van der Waals surface area contributed by atoms with Gasteiger partial charge in [-0.25, -0.2) is 0 Å². The smallest absolute Gasteiger partial charge is 0.425 e. The van der Waals surface area contributed by atoms with E-state index in [1.165, 1.54) is 6.07 Å². The first-order valence-corrected chi connectivity index (χ1v) is 15.2. The highest BCUT2D eigenvalue weighted by Crippen LogP contribution is 2.42. The maximum absolute atomic E-state index is 12.3. The van der Waals surface area contributed by atoms with Crippen LogP contribution in [0, 0.1) is 13.8 Å². The summed E-state index contributed by atoms with van der Waals surface area (Å²) in [4.78, 5) is -0.555. The van der Waals surface area contributed by atoms with Gasteiger partial charge in [-0.3, -0.25) is 4.55 Å². The Hall–Kier alpha value is -5.31. The van der Waals surface area contributed by atoms with Gasteiger partial charge in [0.2, 0.25) is 0 Å². The fourth-order valence-corrected chi connectivity index (χ4v) is 4.78. The van der Waals surface area contributed by atoms with Crippen LogP contribution in [0.4, 0.5) is 34.1 Å². The molecule has 0 saturated heterocycles. The number of hydrogen-bond donors (Lipinski definition) is 3. The van der Waals surface area contributed by atoms with Gasteiger partial charge in [0.15, 0.2) is 5.75 Å². The molecule has 14 heteroatoms. The molecule has 44 heavy (non-hydrogen) atoms. The molecule has 0 aromatic heterocycles. The Kier molecular flexibility index (Phi) is 9.90. The van der Waals surface area contributed by atoms with Gasteiger partial charge < -0.3 is 10.4 Å². The topological polar surface area (TPSA) is 187 Å². The van der Waals surface area contributed by atoms with Gasteiger partial charge in [-0.05, 0) is 91.0 Å². The molecule has 0 aliphatic carbocycles. The zero-order valence-corrected chi connectivity index (χ0v) is 24.9. The van der Waals surface area contributed by atoms with Crippen LogP contribution in [-0.4, -0.2) is 30.7 Å². The zero-order valence-electron chi connectivity index (χ0n) is 23.3. The average molecular weight is 632 g/mol. The van der Waals surface area contributed by atoms with E-state index < -0.39 is 31.4 Å². The standard InChI is InChI=1S/C30H25N5O4S.O3S/c1-19-16-27(20(2)15-26(19)33-32-23-11-7-4-8-12-23)34-35-29-28(40(37,38)39)18-21-17-24(13-14-25(21)30(29)36)31-22-9-5-3-6-10-22;1-4(2)3/h3-18,31,36H,1-2H3,(H,37,38,39);. The van der Waals surface area contributed by atoms with E-state index in [-0.39, 0.29) is 5.69 Å². The van der Waals surface area contributed by atoms with Crippen molar-refractivity contribution in [3.63, 3.8) is 0 Å². The van der Waals surface area contributed by atoms with Crippen LogP contribution in [0.2, 0.25) is 0 Å². The lowest BCUT2D eigenvalue weighted by Crippen LogP contribution is -1.99. The van der Waals surface area contributed by atoms with Crippen LogP contribution in [0.5, 0.6) is 5.75 Å². The number of benzene rings is 5. The van der Waals surface area contributed by atoms with Gasteiger partial charge in [-0.15, -0.1) is 17.7 Å². The lowest BCUT2D eigenvalue weighted by molar-refractivity contribution is 0.472. The van der Waals surface area contributed by atoms with Gasteiger partial charge in [-0.1, -0.05) is 36.4 Å². The van der Waals surface area contributed by atoms with Crippen molar-refractivity contribution in [2.45, 2.75) is 18.7 Å². The molecular weight excluding hydrogens is 606 g/mol. The van der Waals surface area contributed by atoms with Crippen LogP contribution >= 0.6 is 0 Å². The molecule has 0 atom stereocenters. The van der Waals surface area contributed by atoms with Gasteiger partial charge in [0.1, 0.15) is 10.6 Å². The number of anilines is 2. The van der Waals surface area contributed by atoms with E-state index in [2.05, 4.69) is 25.8 Å². The number of nitrogens with zero attached hydrogens (tertiary/aromatic N) is 4. The maximum Gasteiger partial charge on any atom is 0.425 e. The number of phenols is 1. The Morgan fingerprint density at radius 2 is 1.23 bits per heavy atom. The van der Waals surface area contributed by atoms with Crippen LogP contribution < -0.4 is 5.32 Å². The molecule has 3 N–H and O–H groups in total. The molecule has 5 rings (SSSR count). The van der Waals surface area contributed by atoms with Crippen LogP contribution in [0.25, 0.3) is 10.8 Å². The normalized spacial score (nSPS) is 11.4. The number of phenolic OH excluding ortho intramolecular Hbond substituents is 1. The molecule has 0 saturated carbocycles. The Bertz CT molecular complexity index is 2100. The lowest BCUT2D eigenvalue weighted by Gasteiger charge is -2.12. The Labute approximate surface area is 254 Å². The minimum absolute atomic E-state index is 0.351. The molecule has 0 aliphatic rings. The third kappa shape index (κ3) is 8.16. The highest BCUT2D eigenvalue weighted by molar-refractivity contribution is 7.86. The molecule has 0 fully saturated rings. The fraction of sp³-hybridized carbons (Fsp3) is 0.0667. The van der Waals surface area contributed by atoms with Crippen molar-refractivity contribution in [3.05, 3.63) is 108 Å². The van der Waals surface area contributed by atoms with Crippen molar-refractivity contribution >= 4 is 65.6 Å². The van der Waals surface area contributed by atoms with Crippen LogP contribution in [0.3, 0.4) is 0 Å². The van der Waals surface area contributed by atoms with E-state index in [4.69, 9.17) is 12.6 Å². The van der Waals surface area contributed by atoms with Gasteiger partial charge in [0.05, 0.1) is 17.1 Å². The van der Waals surface area contributed by atoms with Gasteiger partial charge >= 0.3 is 10.6 Å². The number of rotatable bonds is 7. The molecule has 224 valence electrons. The Morgan fingerprint density at radius 3 is 1.80 bits per heavy atom. The second-order valence-corrected chi connectivity index (χ2v) is 11.1. The molecule has 5 aromatic carbocycles. The van der Waals surface area contributed by atoms with Gasteiger partial charge in [0, 0.05) is 16.8 Å². The number of fused-ring (bicyclic) bond motifs is 1. The molecule has 0 aliphatic heterocycles. The van der Waals surface area contributed by atoms with Gasteiger partial charge in [-0.2, -0.15) is 23.8 Å². The van der Waals surface area contributed by atoms with Crippen LogP contribution in [0.15, 0.2) is 122 Å². The lowest BCUT2D eigenvalue weighted by atomic mass is 10.1. The van der Waals surface area contributed by atoms with Crippen molar-refractivity contribution < 1.29 is 30.7 Å². The number of hydrogen-bond acceptors (Lipinski definition) is 11. The van der Waals surface area contributed by atoms with Crippen molar-refractivity contribution in [1.82, 2.24) is 0 Å². The van der Waals surface area contributed by atoms with Gasteiger partial charge in [0.25, 0.3) is 10.1 Å². The molecule has 0 radical (unpaired) electrons. The van der Waals surface area contributed by atoms with E-state index in [9.17, 15) is 18.1 Å². The van der Waals surface area contributed by atoms with Crippen molar-refractivity contribution in [2.75, 3.05) is 5.32 Å². The zero-order chi connectivity index (χ0) is 31.9. The molecular formula is C30H25N5O7S2. The number of azo groups is 2. The molecule has 12 nitrogen and oxygen atoms in total. The largest absolute Gasteiger partial charge is 0.505 e. The molecule has 5 aromatic rings. The molecule has 0 spiro atoms. The van der Waals surface area contributed by atoms with E-state index in [0.29, 0.717) is 33.4 Å². The van der Waals surface area contributed by atoms with Crippen molar-refractivity contribution in [3.8, 4) is 5.75 Å². The summed E-state index contributed by atoms with van der Waals surface area (Å²) in [6.45, 7) is 3.65. The number of nitrogens with one attached hydrogen (secondary N) is 1. The summed E-state index contributed by atoms with van der Waals surface area (Å²) in [7, 11) is -7.85. The summed E-state index contributed by atoms with van der Waals surface area (Å²) < 4.78 is 59.9. The summed E-state index contributed by atoms with van der Waals surface area (Å²) in [5.41, 5.74) is 4.44. The Balaban J connectivity index is 0.00000104. The highest BCUT2D eigenvalue weighted by atomic mass is 32.2. The third-order valence-corrected chi connectivity index (χ3v) is 7.06. The molecule has 0 heterocycles. The van der Waals surface area contributed by atoms with Crippen LogP contribution in [0.1, 0.15) is 11.1 Å². The summed E-state index contributed by atoms with van der Waals surface area (Å²) in [5.74, 6) is -0.414. The maximum atomic E-state index is 12.3. The molecule has 0 bridgehead atoms. The number of para-hydroxylation sites is 1. The number of aryl methyl sites for hydroxylation is 2. The monoisotopic (exact) mass is 631 g/mol. The second kappa shape index (κ2) is 13.8. The minimum atomic E-state index is -4.74. The SMILES string of the molecule is Cc1cc(N=Nc2c(S(=O)(=O)O)cc3cc(Nc4ccccc4)ccc3c2O)c(C)cc1N=Nc1ccccc1.O=S(=O)=O.